The molecule has 5 heteroatoms. The van der Waals surface area contributed by atoms with Crippen LogP contribution >= 0.6 is 0 Å². The van der Waals surface area contributed by atoms with Gasteiger partial charge in [-0.3, -0.25) is 0 Å². The van der Waals surface area contributed by atoms with Crippen molar-refractivity contribution < 1.29 is 23.8 Å². The van der Waals surface area contributed by atoms with Gasteiger partial charge < -0.3 is 14.2 Å². The highest BCUT2D eigenvalue weighted by molar-refractivity contribution is 5.76. The van der Waals surface area contributed by atoms with E-state index >= 15 is 0 Å². The molecule has 0 aromatic heterocycles. The first-order valence-electron chi connectivity index (χ1n) is 5.22. The third-order valence-electron chi connectivity index (χ3n) is 1.65. The Morgan fingerprint density at radius 2 is 1.60 bits per heavy atom. The molecule has 0 heterocycles. The van der Waals surface area contributed by atoms with E-state index in [1.807, 2.05) is 0 Å². The second-order valence-corrected chi connectivity index (χ2v) is 2.94. The number of carbonyl (C=O) groups is 2. The normalized spacial score (nSPS) is 9.47. The third kappa shape index (κ3) is 9.05. The van der Waals surface area contributed by atoms with Gasteiger partial charge >= 0.3 is 12.3 Å². The molecular formula is C10H18O5. The average Bonchev–Trinajstić information content (AvgIpc) is 2.17. The van der Waals surface area contributed by atoms with Crippen LogP contribution in [0.15, 0.2) is 0 Å². The van der Waals surface area contributed by atoms with Crippen LogP contribution in [0.5, 0.6) is 0 Å². The molecule has 0 aromatic rings. The molecule has 88 valence electrons. The van der Waals surface area contributed by atoms with Gasteiger partial charge in [-0.25, -0.2) is 9.59 Å². The van der Waals surface area contributed by atoms with Crippen molar-refractivity contribution in [1.29, 1.82) is 0 Å². The van der Waals surface area contributed by atoms with E-state index in [-0.39, 0.29) is 13.2 Å². The van der Waals surface area contributed by atoms with E-state index in [4.69, 9.17) is 0 Å². The number of unbranched alkanes of at least 4 members (excludes halogenated alkanes) is 3. The summed E-state index contributed by atoms with van der Waals surface area (Å²) in [6.07, 6.45) is 2.00. The molecule has 0 bridgehead atoms. The van der Waals surface area contributed by atoms with Gasteiger partial charge in [0.2, 0.25) is 0 Å². The second kappa shape index (κ2) is 9.30. The van der Waals surface area contributed by atoms with E-state index in [0.29, 0.717) is 0 Å². The van der Waals surface area contributed by atoms with Crippen LogP contribution in [0.2, 0.25) is 0 Å². The highest BCUT2D eigenvalue weighted by atomic mass is 16.8. The molecule has 0 aliphatic heterocycles. The van der Waals surface area contributed by atoms with Gasteiger partial charge in [0.25, 0.3) is 0 Å². The second-order valence-electron chi connectivity index (χ2n) is 2.94. The van der Waals surface area contributed by atoms with Crippen LogP contribution in [0.25, 0.3) is 0 Å². The summed E-state index contributed by atoms with van der Waals surface area (Å²) in [4.78, 5) is 21.5. The molecule has 0 saturated heterocycles. The molecule has 0 atom stereocenters. The maximum Gasteiger partial charge on any atom is 0.518 e. The molecule has 0 saturated carbocycles. The zero-order valence-corrected chi connectivity index (χ0v) is 9.28. The van der Waals surface area contributed by atoms with Crippen LogP contribution < -0.4 is 0 Å². The van der Waals surface area contributed by atoms with Crippen molar-refractivity contribution in [2.45, 2.75) is 39.5 Å². The van der Waals surface area contributed by atoms with Crippen molar-refractivity contribution >= 4 is 12.3 Å². The van der Waals surface area contributed by atoms with Gasteiger partial charge in [0.05, 0.1) is 13.2 Å². The maximum atomic E-state index is 10.8. The van der Waals surface area contributed by atoms with Crippen molar-refractivity contribution in [2.75, 3.05) is 13.2 Å². The van der Waals surface area contributed by atoms with Crippen LogP contribution in [0.3, 0.4) is 0 Å². The van der Waals surface area contributed by atoms with Crippen molar-refractivity contribution in [3.05, 3.63) is 0 Å². The molecule has 5 nitrogen and oxygen atoms in total. The molecule has 0 amide bonds. The number of carbonyl (C=O) groups excluding carboxylic acids is 2. The van der Waals surface area contributed by atoms with E-state index in [1.165, 1.54) is 0 Å². The van der Waals surface area contributed by atoms with E-state index in [9.17, 15) is 9.59 Å². The summed E-state index contributed by atoms with van der Waals surface area (Å²) < 4.78 is 13.2. The average molecular weight is 218 g/mol. The molecule has 0 fully saturated rings. The van der Waals surface area contributed by atoms with E-state index in [2.05, 4.69) is 21.1 Å². The first kappa shape index (κ1) is 13.7. The Morgan fingerprint density at radius 1 is 0.933 bits per heavy atom. The van der Waals surface area contributed by atoms with Gasteiger partial charge in [-0.2, -0.15) is 0 Å². The van der Waals surface area contributed by atoms with Gasteiger partial charge in [-0.15, -0.1) is 0 Å². The van der Waals surface area contributed by atoms with Crippen molar-refractivity contribution in [2.24, 2.45) is 0 Å². The Hall–Kier alpha value is -1.26. The van der Waals surface area contributed by atoms with Gasteiger partial charge in [0.1, 0.15) is 0 Å². The highest BCUT2D eigenvalue weighted by Crippen LogP contribution is 2.00. The SMILES string of the molecule is CCCCCCOC(=O)OC(=O)OCC. The summed E-state index contributed by atoms with van der Waals surface area (Å²) in [6.45, 7) is 4.16. The van der Waals surface area contributed by atoms with Crippen molar-refractivity contribution in [3.8, 4) is 0 Å². The Bertz CT molecular complexity index is 190. The van der Waals surface area contributed by atoms with Crippen LogP contribution in [0, 0.1) is 0 Å². The maximum absolute atomic E-state index is 10.8. The van der Waals surface area contributed by atoms with E-state index < -0.39 is 12.3 Å². The summed E-state index contributed by atoms with van der Waals surface area (Å²) in [5.41, 5.74) is 0. The summed E-state index contributed by atoms with van der Waals surface area (Å²) >= 11 is 0. The monoisotopic (exact) mass is 218 g/mol. The predicted molar refractivity (Wildman–Crippen MR) is 53.6 cm³/mol. The molecule has 0 aromatic carbocycles. The summed E-state index contributed by atoms with van der Waals surface area (Å²) in [6, 6.07) is 0. The molecule has 15 heavy (non-hydrogen) atoms. The molecule has 0 rings (SSSR count). The summed E-state index contributed by atoms with van der Waals surface area (Å²) in [5.74, 6) is 0. The zero-order valence-electron chi connectivity index (χ0n) is 9.28. The lowest BCUT2D eigenvalue weighted by Crippen LogP contribution is -2.15. The lowest BCUT2D eigenvalue weighted by molar-refractivity contribution is 0.0380. The fourth-order valence-corrected chi connectivity index (χ4v) is 0.929. The van der Waals surface area contributed by atoms with Crippen LogP contribution in [0.4, 0.5) is 9.59 Å². The number of hydrogen-bond donors (Lipinski definition) is 0. The molecular weight excluding hydrogens is 200 g/mol. The first-order valence-corrected chi connectivity index (χ1v) is 5.22. The largest absolute Gasteiger partial charge is 0.518 e. The Labute approximate surface area is 89.7 Å². The lowest BCUT2D eigenvalue weighted by Gasteiger charge is -2.04. The first-order chi connectivity index (χ1) is 7.20. The minimum absolute atomic E-state index is 0.169. The van der Waals surface area contributed by atoms with E-state index in [1.54, 1.807) is 6.92 Å². The van der Waals surface area contributed by atoms with Gasteiger partial charge in [0, 0.05) is 0 Å². The van der Waals surface area contributed by atoms with E-state index in [0.717, 1.165) is 25.7 Å². The summed E-state index contributed by atoms with van der Waals surface area (Å²) in [7, 11) is 0. The topological polar surface area (TPSA) is 61.8 Å². The minimum Gasteiger partial charge on any atom is -0.434 e. The predicted octanol–water partition coefficient (Wildman–Crippen LogP) is 2.88. The molecule has 0 unspecified atom stereocenters. The van der Waals surface area contributed by atoms with Crippen LogP contribution in [-0.4, -0.2) is 25.5 Å². The molecule has 0 aliphatic rings. The molecule has 0 spiro atoms. The smallest absolute Gasteiger partial charge is 0.434 e. The van der Waals surface area contributed by atoms with Gasteiger partial charge in [-0.1, -0.05) is 26.2 Å². The third-order valence-corrected chi connectivity index (χ3v) is 1.65. The Kier molecular flexibility index (Phi) is 8.52. The molecule has 0 radical (unpaired) electrons. The Morgan fingerprint density at radius 3 is 2.20 bits per heavy atom. The number of rotatable bonds is 6. The van der Waals surface area contributed by atoms with Crippen LogP contribution in [-0.2, 0) is 14.2 Å². The molecule has 0 N–H and O–H groups in total. The fraction of sp³-hybridized carbons (Fsp3) is 0.800. The van der Waals surface area contributed by atoms with Gasteiger partial charge in [-0.05, 0) is 13.3 Å². The number of ether oxygens (including phenoxy) is 3. The van der Waals surface area contributed by atoms with Crippen molar-refractivity contribution in [3.63, 3.8) is 0 Å². The lowest BCUT2D eigenvalue weighted by atomic mass is 10.2. The quantitative estimate of drug-likeness (QED) is 0.389. The minimum atomic E-state index is -1.02. The summed E-state index contributed by atoms with van der Waals surface area (Å²) in [5, 5.41) is 0. The van der Waals surface area contributed by atoms with Crippen LogP contribution in [0.1, 0.15) is 39.5 Å². The molecule has 0 aliphatic carbocycles. The number of hydrogen-bond acceptors (Lipinski definition) is 5. The standard InChI is InChI=1S/C10H18O5/c1-3-5-6-7-8-14-10(12)15-9(11)13-4-2/h3-8H2,1-2H3. The van der Waals surface area contributed by atoms with Gasteiger partial charge in [0.15, 0.2) is 0 Å². The van der Waals surface area contributed by atoms with Crippen molar-refractivity contribution in [1.82, 2.24) is 0 Å². The Balaban J connectivity index is 3.37. The highest BCUT2D eigenvalue weighted by Gasteiger charge is 2.11. The zero-order chi connectivity index (χ0) is 11.5. The fourth-order valence-electron chi connectivity index (χ4n) is 0.929.